The minimum atomic E-state index is 0.549. The Morgan fingerprint density at radius 1 is 0.929 bits per heavy atom. The van der Waals surface area contributed by atoms with Gasteiger partial charge in [-0.3, -0.25) is 0 Å². The summed E-state index contributed by atoms with van der Waals surface area (Å²) in [6.07, 6.45) is 2.43. The number of halogens is 1. The molecule has 28 heavy (non-hydrogen) atoms. The molecule has 3 aromatic rings. The van der Waals surface area contributed by atoms with E-state index in [1.165, 1.54) is 18.5 Å². The fourth-order valence-corrected chi connectivity index (χ4v) is 4.20. The standard InChI is InChI=1S/C22H23BrN4O/c1-28-18-7-5-17(6-8-18)26-10-12-27(13-11-26)22-19-14-16(23)4-9-20(19)24-21(25-22)15-2-3-15/h4-9,14-15H,2-3,10-13H2,1H3. The lowest BCUT2D eigenvalue weighted by Crippen LogP contribution is -2.47. The Morgan fingerprint density at radius 2 is 1.64 bits per heavy atom. The van der Waals surface area contributed by atoms with Gasteiger partial charge in [0, 0.05) is 47.6 Å². The van der Waals surface area contributed by atoms with Crippen LogP contribution in [0.15, 0.2) is 46.9 Å². The minimum absolute atomic E-state index is 0.549. The maximum absolute atomic E-state index is 5.27. The molecule has 2 aromatic carbocycles. The Hall–Kier alpha value is -2.34. The van der Waals surface area contributed by atoms with E-state index in [1.807, 2.05) is 12.1 Å². The molecule has 6 heteroatoms. The molecule has 0 N–H and O–H groups in total. The second-order valence-electron chi connectivity index (χ2n) is 7.51. The van der Waals surface area contributed by atoms with Gasteiger partial charge in [0.2, 0.25) is 0 Å². The van der Waals surface area contributed by atoms with Gasteiger partial charge in [-0.05, 0) is 55.3 Å². The minimum Gasteiger partial charge on any atom is -0.497 e. The fraction of sp³-hybridized carbons (Fsp3) is 0.364. The largest absolute Gasteiger partial charge is 0.497 e. The molecule has 0 radical (unpaired) electrons. The zero-order valence-corrected chi connectivity index (χ0v) is 17.5. The van der Waals surface area contributed by atoms with Crippen LogP contribution in [-0.2, 0) is 0 Å². The molecule has 0 bridgehead atoms. The predicted octanol–water partition coefficient (Wildman–Crippen LogP) is 4.60. The number of piperazine rings is 1. The van der Waals surface area contributed by atoms with E-state index < -0.39 is 0 Å². The van der Waals surface area contributed by atoms with E-state index >= 15 is 0 Å². The van der Waals surface area contributed by atoms with E-state index in [4.69, 9.17) is 14.7 Å². The molecular weight excluding hydrogens is 416 g/mol. The van der Waals surface area contributed by atoms with Gasteiger partial charge < -0.3 is 14.5 Å². The van der Waals surface area contributed by atoms with Gasteiger partial charge >= 0.3 is 0 Å². The second kappa shape index (κ2) is 7.24. The molecule has 144 valence electrons. The van der Waals surface area contributed by atoms with Crippen molar-refractivity contribution in [1.29, 1.82) is 0 Å². The highest BCUT2D eigenvalue weighted by Gasteiger charge is 2.29. The summed E-state index contributed by atoms with van der Waals surface area (Å²) < 4.78 is 6.34. The van der Waals surface area contributed by atoms with E-state index in [0.29, 0.717) is 5.92 Å². The van der Waals surface area contributed by atoms with Crippen LogP contribution in [0.5, 0.6) is 5.75 Å². The SMILES string of the molecule is COc1ccc(N2CCN(c3nc(C4CC4)nc4ccc(Br)cc34)CC2)cc1. The normalized spacial score (nSPS) is 17.2. The number of benzene rings is 2. The van der Waals surface area contributed by atoms with Crippen molar-refractivity contribution < 1.29 is 4.74 Å². The lowest BCUT2D eigenvalue weighted by molar-refractivity contribution is 0.415. The van der Waals surface area contributed by atoms with Gasteiger partial charge in [0.05, 0.1) is 12.6 Å². The molecule has 2 fully saturated rings. The third-order valence-corrected chi connectivity index (χ3v) is 6.11. The Labute approximate surface area is 173 Å². The molecular formula is C22H23BrN4O. The Balaban J connectivity index is 1.41. The lowest BCUT2D eigenvalue weighted by Gasteiger charge is -2.37. The summed E-state index contributed by atoms with van der Waals surface area (Å²) in [4.78, 5) is 14.7. The molecule has 5 nitrogen and oxygen atoms in total. The number of methoxy groups -OCH3 is 1. The predicted molar refractivity (Wildman–Crippen MR) is 117 cm³/mol. The number of hydrogen-bond donors (Lipinski definition) is 0. The molecule has 1 saturated heterocycles. The molecule has 2 heterocycles. The molecule has 5 rings (SSSR count). The van der Waals surface area contributed by atoms with Crippen LogP contribution < -0.4 is 14.5 Å². The molecule has 2 aliphatic rings. The van der Waals surface area contributed by atoms with Crippen molar-refractivity contribution in [3.05, 3.63) is 52.8 Å². The van der Waals surface area contributed by atoms with Gasteiger partial charge in [0.25, 0.3) is 0 Å². The molecule has 0 unspecified atom stereocenters. The van der Waals surface area contributed by atoms with Gasteiger partial charge in [-0.15, -0.1) is 0 Å². The van der Waals surface area contributed by atoms with Crippen LogP contribution in [0.2, 0.25) is 0 Å². The number of hydrogen-bond acceptors (Lipinski definition) is 5. The van der Waals surface area contributed by atoms with Crippen molar-refractivity contribution in [2.75, 3.05) is 43.1 Å². The van der Waals surface area contributed by atoms with E-state index in [9.17, 15) is 0 Å². The van der Waals surface area contributed by atoms with Crippen LogP contribution in [0.1, 0.15) is 24.6 Å². The van der Waals surface area contributed by atoms with Crippen molar-refractivity contribution in [2.45, 2.75) is 18.8 Å². The van der Waals surface area contributed by atoms with Gasteiger partial charge in [-0.2, -0.15) is 0 Å². The first-order valence-corrected chi connectivity index (χ1v) is 10.6. The summed E-state index contributed by atoms with van der Waals surface area (Å²) in [5.74, 6) is 3.55. The molecule has 0 atom stereocenters. The Morgan fingerprint density at radius 3 is 2.32 bits per heavy atom. The number of anilines is 2. The number of rotatable bonds is 4. The summed E-state index contributed by atoms with van der Waals surface area (Å²) in [7, 11) is 1.70. The van der Waals surface area contributed by atoms with Crippen molar-refractivity contribution in [3.63, 3.8) is 0 Å². The maximum atomic E-state index is 5.27. The topological polar surface area (TPSA) is 41.5 Å². The van der Waals surface area contributed by atoms with Crippen LogP contribution in [0.3, 0.4) is 0 Å². The molecule has 1 aromatic heterocycles. The van der Waals surface area contributed by atoms with Crippen LogP contribution in [-0.4, -0.2) is 43.3 Å². The molecule has 1 aliphatic carbocycles. The van der Waals surface area contributed by atoms with Crippen molar-refractivity contribution in [1.82, 2.24) is 9.97 Å². The Kier molecular flexibility index (Phi) is 4.59. The fourth-order valence-electron chi connectivity index (χ4n) is 3.84. The van der Waals surface area contributed by atoms with E-state index in [1.54, 1.807) is 7.11 Å². The van der Waals surface area contributed by atoms with Gasteiger partial charge in [0.1, 0.15) is 17.4 Å². The highest BCUT2D eigenvalue weighted by atomic mass is 79.9. The molecule has 0 spiro atoms. The summed E-state index contributed by atoms with van der Waals surface area (Å²) in [6.45, 7) is 3.86. The summed E-state index contributed by atoms with van der Waals surface area (Å²) >= 11 is 3.61. The van der Waals surface area contributed by atoms with Crippen LogP contribution in [0.25, 0.3) is 10.9 Å². The third kappa shape index (κ3) is 3.41. The average Bonchev–Trinajstić information content (AvgIpc) is 3.59. The van der Waals surface area contributed by atoms with E-state index in [2.05, 4.69) is 56.1 Å². The average molecular weight is 439 g/mol. The smallest absolute Gasteiger partial charge is 0.140 e. The van der Waals surface area contributed by atoms with Crippen molar-refractivity contribution in [2.24, 2.45) is 0 Å². The second-order valence-corrected chi connectivity index (χ2v) is 8.43. The first-order chi connectivity index (χ1) is 13.7. The van der Waals surface area contributed by atoms with Gasteiger partial charge in [-0.25, -0.2) is 9.97 Å². The molecule has 1 aliphatic heterocycles. The van der Waals surface area contributed by atoms with Crippen LogP contribution in [0, 0.1) is 0 Å². The number of nitrogens with zero attached hydrogens (tertiary/aromatic N) is 4. The third-order valence-electron chi connectivity index (χ3n) is 5.61. The lowest BCUT2D eigenvalue weighted by atomic mass is 10.2. The van der Waals surface area contributed by atoms with Crippen molar-refractivity contribution in [3.8, 4) is 5.75 Å². The summed E-state index contributed by atoms with van der Waals surface area (Å²) in [5, 5.41) is 1.14. The monoisotopic (exact) mass is 438 g/mol. The number of ether oxygens (including phenoxy) is 1. The van der Waals surface area contributed by atoms with Crippen LogP contribution >= 0.6 is 15.9 Å². The first kappa shape index (κ1) is 17.7. The van der Waals surface area contributed by atoms with E-state index in [-0.39, 0.29) is 0 Å². The van der Waals surface area contributed by atoms with Gasteiger partial charge in [-0.1, -0.05) is 15.9 Å². The number of aromatic nitrogens is 2. The first-order valence-electron chi connectivity index (χ1n) is 9.82. The Bertz CT molecular complexity index is 995. The summed E-state index contributed by atoms with van der Waals surface area (Å²) in [6, 6.07) is 14.6. The zero-order valence-electron chi connectivity index (χ0n) is 15.9. The zero-order chi connectivity index (χ0) is 19.1. The van der Waals surface area contributed by atoms with E-state index in [0.717, 1.165) is 58.9 Å². The van der Waals surface area contributed by atoms with Crippen molar-refractivity contribution >= 4 is 38.3 Å². The molecule has 1 saturated carbocycles. The number of fused-ring (bicyclic) bond motifs is 1. The van der Waals surface area contributed by atoms with Gasteiger partial charge in [0.15, 0.2) is 0 Å². The molecule has 0 amide bonds. The van der Waals surface area contributed by atoms with Crippen LogP contribution in [0.4, 0.5) is 11.5 Å². The highest BCUT2D eigenvalue weighted by Crippen LogP contribution is 2.40. The highest BCUT2D eigenvalue weighted by molar-refractivity contribution is 9.10. The summed E-state index contributed by atoms with van der Waals surface area (Å²) in [5.41, 5.74) is 2.29. The quantitative estimate of drug-likeness (QED) is 0.594. The maximum Gasteiger partial charge on any atom is 0.140 e.